The Morgan fingerprint density at radius 2 is 1.70 bits per heavy atom. The molecular formula is C22H31NO4. The zero-order chi connectivity index (χ0) is 19.6. The van der Waals surface area contributed by atoms with E-state index in [4.69, 9.17) is 9.47 Å². The first-order valence-electron chi connectivity index (χ1n) is 9.98. The Bertz CT molecular complexity index is 695. The number of hydrogen-bond donors (Lipinski definition) is 1. The molecule has 5 nitrogen and oxygen atoms in total. The zero-order valence-corrected chi connectivity index (χ0v) is 16.8. The lowest BCUT2D eigenvalue weighted by molar-refractivity contribution is -0.161. The quantitative estimate of drug-likeness (QED) is 0.760. The highest BCUT2D eigenvalue weighted by atomic mass is 16.6. The van der Waals surface area contributed by atoms with Crippen LogP contribution in [0.25, 0.3) is 0 Å². The van der Waals surface area contributed by atoms with Crippen molar-refractivity contribution < 1.29 is 19.1 Å². The maximum Gasteiger partial charge on any atom is 0.337 e. The van der Waals surface area contributed by atoms with Crippen LogP contribution in [0.4, 0.5) is 5.69 Å². The molecular weight excluding hydrogens is 342 g/mol. The third kappa shape index (κ3) is 5.24. The van der Waals surface area contributed by atoms with Gasteiger partial charge in [0.1, 0.15) is 5.60 Å². The highest BCUT2D eigenvalue weighted by Crippen LogP contribution is 2.44. The Hall–Kier alpha value is -2.04. The number of carbonyl (C=O) groups excluding carboxylic acids is 2. The fourth-order valence-electron chi connectivity index (χ4n) is 3.75. The number of carbonyl (C=O) groups is 2. The molecule has 0 atom stereocenters. The van der Waals surface area contributed by atoms with Gasteiger partial charge in [-0.1, -0.05) is 0 Å². The lowest BCUT2D eigenvalue weighted by Crippen LogP contribution is -2.34. The molecule has 2 aliphatic carbocycles. The molecule has 1 N–H and O–H groups in total. The van der Waals surface area contributed by atoms with E-state index in [-0.39, 0.29) is 17.9 Å². The molecule has 0 saturated heterocycles. The van der Waals surface area contributed by atoms with Crippen LogP contribution in [-0.2, 0) is 14.3 Å². The molecule has 0 unspecified atom stereocenters. The van der Waals surface area contributed by atoms with Crippen LogP contribution in [0.15, 0.2) is 18.2 Å². The summed E-state index contributed by atoms with van der Waals surface area (Å²) in [5.41, 5.74) is 2.52. The monoisotopic (exact) mass is 373 g/mol. The van der Waals surface area contributed by atoms with Crippen molar-refractivity contribution in [2.45, 2.75) is 76.9 Å². The standard InChI is InChI=1S/C22H31NO4/c1-22(2,3)27-21(25)15-7-10-17(11-8-15)23-19-12-9-16(20(24)26-4)13-18(19)14-5-6-14/h9,12-15,17,23H,5-8,10-11H2,1-4H3. The summed E-state index contributed by atoms with van der Waals surface area (Å²) < 4.78 is 10.4. The van der Waals surface area contributed by atoms with Gasteiger partial charge in [-0.2, -0.15) is 0 Å². The van der Waals surface area contributed by atoms with E-state index >= 15 is 0 Å². The topological polar surface area (TPSA) is 64.6 Å². The van der Waals surface area contributed by atoms with Crippen molar-refractivity contribution >= 4 is 17.6 Å². The largest absolute Gasteiger partial charge is 0.465 e. The van der Waals surface area contributed by atoms with Gasteiger partial charge in [0.25, 0.3) is 0 Å². The molecule has 2 fully saturated rings. The Labute approximate surface area is 161 Å². The van der Waals surface area contributed by atoms with Crippen LogP contribution in [0.3, 0.4) is 0 Å². The van der Waals surface area contributed by atoms with Gasteiger partial charge >= 0.3 is 11.9 Å². The average Bonchev–Trinajstić information content (AvgIpc) is 3.45. The summed E-state index contributed by atoms with van der Waals surface area (Å²) in [6.45, 7) is 5.74. The molecule has 1 aromatic carbocycles. The van der Waals surface area contributed by atoms with E-state index in [0.717, 1.165) is 31.4 Å². The molecule has 0 radical (unpaired) electrons. The van der Waals surface area contributed by atoms with Crippen LogP contribution >= 0.6 is 0 Å². The van der Waals surface area contributed by atoms with Crippen molar-refractivity contribution in [2.24, 2.45) is 5.92 Å². The third-order valence-corrected chi connectivity index (χ3v) is 5.32. The van der Waals surface area contributed by atoms with Crippen LogP contribution in [0.1, 0.15) is 81.1 Å². The van der Waals surface area contributed by atoms with Gasteiger partial charge in [-0.05, 0) is 89.0 Å². The molecule has 1 aromatic rings. The SMILES string of the molecule is COC(=O)c1ccc(NC2CCC(C(=O)OC(C)(C)C)CC2)c(C2CC2)c1. The van der Waals surface area contributed by atoms with E-state index in [1.54, 1.807) is 0 Å². The average molecular weight is 373 g/mol. The van der Waals surface area contributed by atoms with Gasteiger partial charge in [0.2, 0.25) is 0 Å². The predicted octanol–water partition coefficient (Wildman–Crippen LogP) is 4.66. The highest BCUT2D eigenvalue weighted by molar-refractivity contribution is 5.90. The summed E-state index contributed by atoms with van der Waals surface area (Å²) in [5.74, 6) is 0.186. The number of rotatable bonds is 5. The summed E-state index contributed by atoms with van der Waals surface area (Å²) in [5, 5.41) is 3.66. The second-order valence-corrected chi connectivity index (χ2v) is 8.79. The normalized spacial score (nSPS) is 22.8. The first-order valence-corrected chi connectivity index (χ1v) is 9.98. The lowest BCUT2D eigenvalue weighted by Gasteiger charge is -2.31. The molecule has 0 amide bonds. The molecule has 0 heterocycles. The fourth-order valence-corrected chi connectivity index (χ4v) is 3.75. The van der Waals surface area contributed by atoms with Gasteiger partial charge in [-0.3, -0.25) is 4.79 Å². The maximum absolute atomic E-state index is 12.3. The summed E-state index contributed by atoms with van der Waals surface area (Å²) >= 11 is 0. The van der Waals surface area contributed by atoms with E-state index in [1.165, 1.54) is 25.5 Å². The minimum absolute atomic E-state index is 0.00637. The van der Waals surface area contributed by atoms with Crippen molar-refractivity contribution in [3.63, 3.8) is 0 Å². The van der Waals surface area contributed by atoms with Crippen molar-refractivity contribution in [3.8, 4) is 0 Å². The van der Waals surface area contributed by atoms with Gasteiger partial charge in [-0.15, -0.1) is 0 Å². The number of benzene rings is 1. The number of esters is 2. The number of methoxy groups -OCH3 is 1. The van der Waals surface area contributed by atoms with Crippen molar-refractivity contribution in [2.75, 3.05) is 12.4 Å². The molecule has 0 aromatic heterocycles. The summed E-state index contributed by atoms with van der Waals surface area (Å²) in [7, 11) is 1.41. The Morgan fingerprint density at radius 1 is 1.04 bits per heavy atom. The fraction of sp³-hybridized carbons (Fsp3) is 0.636. The lowest BCUT2D eigenvalue weighted by atomic mass is 9.85. The molecule has 2 aliphatic rings. The van der Waals surface area contributed by atoms with Crippen LogP contribution in [-0.4, -0.2) is 30.7 Å². The first-order chi connectivity index (χ1) is 12.8. The van der Waals surface area contributed by atoms with Crippen molar-refractivity contribution in [1.82, 2.24) is 0 Å². The van der Waals surface area contributed by atoms with Gasteiger partial charge in [0.15, 0.2) is 0 Å². The van der Waals surface area contributed by atoms with E-state index in [0.29, 0.717) is 17.5 Å². The Balaban J connectivity index is 1.60. The van der Waals surface area contributed by atoms with Crippen LogP contribution in [0, 0.1) is 5.92 Å². The Kier molecular flexibility index (Phi) is 5.78. The van der Waals surface area contributed by atoms with E-state index < -0.39 is 5.60 Å². The zero-order valence-electron chi connectivity index (χ0n) is 16.8. The van der Waals surface area contributed by atoms with E-state index in [1.807, 2.05) is 39.0 Å². The predicted molar refractivity (Wildman–Crippen MR) is 105 cm³/mol. The second kappa shape index (κ2) is 7.91. The minimum Gasteiger partial charge on any atom is -0.465 e. The molecule has 3 rings (SSSR count). The first kappa shape index (κ1) is 19.7. The van der Waals surface area contributed by atoms with Gasteiger partial charge in [0, 0.05) is 11.7 Å². The Morgan fingerprint density at radius 3 is 2.26 bits per heavy atom. The molecule has 0 bridgehead atoms. The number of anilines is 1. The van der Waals surface area contributed by atoms with Gasteiger partial charge in [-0.25, -0.2) is 4.79 Å². The van der Waals surface area contributed by atoms with Gasteiger partial charge in [0.05, 0.1) is 18.6 Å². The molecule has 2 saturated carbocycles. The van der Waals surface area contributed by atoms with Crippen LogP contribution in [0.2, 0.25) is 0 Å². The van der Waals surface area contributed by atoms with Crippen LogP contribution < -0.4 is 5.32 Å². The summed E-state index contributed by atoms with van der Waals surface area (Å²) in [6, 6.07) is 6.15. The molecule has 27 heavy (non-hydrogen) atoms. The minimum atomic E-state index is -0.424. The van der Waals surface area contributed by atoms with Crippen LogP contribution in [0.5, 0.6) is 0 Å². The maximum atomic E-state index is 12.3. The van der Waals surface area contributed by atoms with Gasteiger partial charge < -0.3 is 14.8 Å². The highest BCUT2D eigenvalue weighted by Gasteiger charge is 2.31. The molecule has 5 heteroatoms. The molecule has 0 spiro atoms. The number of ether oxygens (including phenoxy) is 2. The molecule has 0 aliphatic heterocycles. The molecule has 148 valence electrons. The number of hydrogen-bond acceptors (Lipinski definition) is 5. The van der Waals surface area contributed by atoms with E-state index in [9.17, 15) is 9.59 Å². The smallest absolute Gasteiger partial charge is 0.337 e. The van der Waals surface area contributed by atoms with E-state index in [2.05, 4.69) is 5.32 Å². The second-order valence-electron chi connectivity index (χ2n) is 8.79. The third-order valence-electron chi connectivity index (χ3n) is 5.32. The van der Waals surface area contributed by atoms with Crippen molar-refractivity contribution in [3.05, 3.63) is 29.3 Å². The summed E-state index contributed by atoms with van der Waals surface area (Å²) in [6.07, 6.45) is 5.95. The summed E-state index contributed by atoms with van der Waals surface area (Å²) in [4.78, 5) is 24.1. The van der Waals surface area contributed by atoms with Crippen molar-refractivity contribution in [1.29, 1.82) is 0 Å². The number of nitrogens with one attached hydrogen (secondary N) is 1.